The van der Waals surface area contributed by atoms with E-state index in [2.05, 4.69) is 0 Å². The highest BCUT2D eigenvalue weighted by molar-refractivity contribution is 6.46. The number of nitrogens with zero attached hydrogens (tertiary/aromatic N) is 1. The number of unbranched alkanes of at least 4 members (excludes halogenated alkanes) is 1. The Morgan fingerprint density at radius 3 is 2.43 bits per heavy atom. The number of aryl methyl sites for hydroxylation is 1. The highest BCUT2D eigenvalue weighted by Gasteiger charge is 2.45. The molecule has 6 heteroatoms. The third-order valence-corrected chi connectivity index (χ3v) is 5.23. The van der Waals surface area contributed by atoms with Gasteiger partial charge in [-0.25, -0.2) is 4.39 Å². The highest BCUT2D eigenvalue weighted by Crippen LogP contribution is 2.40. The summed E-state index contributed by atoms with van der Waals surface area (Å²) in [4.78, 5) is 27.1. The molecule has 0 spiro atoms. The second-order valence-corrected chi connectivity index (χ2v) is 7.31. The standard InChI is InChI=1S/C24H26FNO4/c1-4-6-13-26-21(16-7-10-18(25)11-8-16)20(23(28)24(26)29)22(27)17-9-12-19(30-5-2)15(3)14-17/h7-12,14,21,27H,4-6,13H2,1-3H3/b22-20-. The van der Waals surface area contributed by atoms with Crippen molar-refractivity contribution < 1.29 is 23.8 Å². The number of hydrogen-bond donors (Lipinski definition) is 1. The number of aliphatic hydroxyl groups is 1. The van der Waals surface area contributed by atoms with Gasteiger partial charge in [0.05, 0.1) is 18.2 Å². The largest absolute Gasteiger partial charge is 0.507 e. The summed E-state index contributed by atoms with van der Waals surface area (Å²) in [6.45, 7) is 6.61. The van der Waals surface area contributed by atoms with Gasteiger partial charge in [-0.15, -0.1) is 0 Å². The topological polar surface area (TPSA) is 66.8 Å². The summed E-state index contributed by atoms with van der Waals surface area (Å²) in [6, 6.07) is 10.0. The zero-order valence-electron chi connectivity index (χ0n) is 17.4. The fourth-order valence-electron chi connectivity index (χ4n) is 3.70. The maximum Gasteiger partial charge on any atom is 0.295 e. The number of hydrogen-bond acceptors (Lipinski definition) is 4. The van der Waals surface area contributed by atoms with Crippen LogP contribution in [0.15, 0.2) is 48.0 Å². The molecule has 5 nitrogen and oxygen atoms in total. The third-order valence-electron chi connectivity index (χ3n) is 5.23. The van der Waals surface area contributed by atoms with Crippen molar-refractivity contribution in [2.24, 2.45) is 0 Å². The van der Waals surface area contributed by atoms with Gasteiger partial charge in [0.15, 0.2) is 0 Å². The van der Waals surface area contributed by atoms with E-state index in [-0.39, 0.29) is 11.3 Å². The van der Waals surface area contributed by atoms with Crippen molar-refractivity contribution in [2.75, 3.05) is 13.2 Å². The van der Waals surface area contributed by atoms with Crippen molar-refractivity contribution in [1.82, 2.24) is 4.90 Å². The third kappa shape index (κ3) is 4.08. The Labute approximate surface area is 175 Å². The number of amides is 1. The maximum atomic E-state index is 13.5. The smallest absolute Gasteiger partial charge is 0.295 e. The molecule has 0 aromatic heterocycles. The number of carbonyl (C=O) groups excluding carboxylic acids is 2. The summed E-state index contributed by atoms with van der Waals surface area (Å²) >= 11 is 0. The molecule has 2 aromatic rings. The summed E-state index contributed by atoms with van der Waals surface area (Å²) in [7, 11) is 0. The van der Waals surface area contributed by atoms with Gasteiger partial charge < -0.3 is 14.7 Å². The normalized spacial score (nSPS) is 18.1. The lowest BCUT2D eigenvalue weighted by Crippen LogP contribution is -2.30. The number of ether oxygens (including phenoxy) is 1. The number of Topliss-reactive ketones (excluding diaryl/α,β-unsaturated/α-hetero) is 1. The Morgan fingerprint density at radius 2 is 1.83 bits per heavy atom. The van der Waals surface area contributed by atoms with E-state index >= 15 is 0 Å². The molecule has 1 amide bonds. The van der Waals surface area contributed by atoms with E-state index in [1.165, 1.54) is 17.0 Å². The summed E-state index contributed by atoms with van der Waals surface area (Å²) in [5, 5.41) is 11.0. The summed E-state index contributed by atoms with van der Waals surface area (Å²) < 4.78 is 19.0. The van der Waals surface area contributed by atoms with Crippen LogP contribution in [0.5, 0.6) is 5.75 Å². The van der Waals surface area contributed by atoms with Gasteiger partial charge in [-0.2, -0.15) is 0 Å². The number of benzene rings is 2. The monoisotopic (exact) mass is 411 g/mol. The van der Waals surface area contributed by atoms with Gasteiger partial charge in [-0.1, -0.05) is 25.5 Å². The molecule has 158 valence electrons. The van der Waals surface area contributed by atoms with E-state index in [1.807, 2.05) is 20.8 Å². The SMILES string of the molecule is CCCCN1C(=O)C(=O)/C(=C(\O)c2ccc(OCC)c(C)c2)C1c1ccc(F)cc1. The molecule has 1 aliphatic heterocycles. The Balaban J connectivity index is 2.13. The van der Waals surface area contributed by atoms with Crippen LogP contribution in [0, 0.1) is 12.7 Å². The summed E-state index contributed by atoms with van der Waals surface area (Å²) in [5.41, 5.74) is 1.83. The van der Waals surface area contributed by atoms with Gasteiger partial charge in [0.2, 0.25) is 0 Å². The average molecular weight is 411 g/mol. The van der Waals surface area contributed by atoms with Crippen LogP contribution in [0.4, 0.5) is 4.39 Å². The van der Waals surface area contributed by atoms with Crippen LogP contribution in [-0.2, 0) is 9.59 Å². The van der Waals surface area contributed by atoms with Crippen LogP contribution < -0.4 is 4.74 Å². The van der Waals surface area contributed by atoms with Crippen molar-refractivity contribution >= 4 is 17.4 Å². The van der Waals surface area contributed by atoms with Crippen LogP contribution in [-0.4, -0.2) is 34.8 Å². The van der Waals surface area contributed by atoms with E-state index < -0.39 is 23.5 Å². The molecule has 2 aromatic carbocycles. The van der Waals surface area contributed by atoms with Gasteiger partial charge in [-0.05, 0) is 61.7 Å². The van der Waals surface area contributed by atoms with Crippen molar-refractivity contribution in [3.8, 4) is 5.75 Å². The molecule has 1 atom stereocenters. The zero-order valence-corrected chi connectivity index (χ0v) is 17.4. The first-order valence-electron chi connectivity index (χ1n) is 10.2. The van der Waals surface area contributed by atoms with Crippen LogP contribution in [0.1, 0.15) is 49.4 Å². The first-order valence-corrected chi connectivity index (χ1v) is 10.2. The second-order valence-electron chi connectivity index (χ2n) is 7.31. The van der Waals surface area contributed by atoms with E-state index in [0.29, 0.717) is 36.4 Å². The number of ketones is 1. The summed E-state index contributed by atoms with van der Waals surface area (Å²) in [5.74, 6) is -1.35. The molecule has 1 unspecified atom stereocenters. The molecule has 1 aliphatic rings. The van der Waals surface area contributed by atoms with Gasteiger partial charge in [0.25, 0.3) is 11.7 Å². The lowest BCUT2D eigenvalue weighted by Gasteiger charge is -2.25. The Hall–Kier alpha value is -3.15. The van der Waals surface area contributed by atoms with Gasteiger partial charge in [0.1, 0.15) is 17.3 Å². The fraction of sp³-hybridized carbons (Fsp3) is 0.333. The van der Waals surface area contributed by atoms with Gasteiger partial charge >= 0.3 is 0 Å². The molecule has 0 bridgehead atoms. The van der Waals surface area contributed by atoms with E-state index in [4.69, 9.17) is 4.74 Å². The number of rotatable bonds is 7. The van der Waals surface area contributed by atoms with Crippen LogP contribution >= 0.6 is 0 Å². The maximum absolute atomic E-state index is 13.5. The Bertz CT molecular complexity index is 981. The number of likely N-dealkylation sites (tertiary alicyclic amines) is 1. The molecule has 1 N–H and O–H groups in total. The molecule has 1 heterocycles. The number of carbonyl (C=O) groups is 2. The van der Waals surface area contributed by atoms with Crippen LogP contribution in [0.25, 0.3) is 5.76 Å². The van der Waals surface area contributed by atoms with Crippen LogP contribution in [0.3, 0.4) is 0 Å². The highest BCUT2D eigenvalue weighted by atomic mass is 19.1. The van der Waals surface area contributed by atoms with E-state index in [1.54, 1.807) is 30.3 Å². The Morgan fingerprint density at radius 1 is 1.13 bits per heavy atom. The van der Waals surface area contributed by atoms with E-state index in [9.17, 15) is 19.1 Å². The van der Waals surface area contributed by atoms with Crippen molar-refractivity contribution in [1.29, 1.82) is 0 Å². The molecule has 0 aliphatic carbocycles. The van der Waals surface area contributed by atoms with E-state index in [0.717, 1.165) is 12.0 Å². The molecule has 1 fully saturated rings. The van der Waals surface area contributed by atoms with Crippen LogP contribution in [0.2, 0.25) is 0 Å². The molecule has 0 radical (unpaired) electrons. The molecule has 1 saturated heterocycles. The minimum Gasteiger partial charge on any atom is -0.507 e. The lowest BCUT2D eigenvalue weighted by molar-refractivity contribution is -0.139. The van der Waals surface area contributed by atoms with Crippen molar-refractivity contribution in [3.63, 3.8) is 0 Å². The zero-order chi connectivity index (χ0) is 21.8. The molecule has 30 heavy (non-hydrogen) atoms. The Kier molecular flexibility index (Phi) is 6.55. The van der Waals surface area contributed by atoms with Crippen molar-refractivity contribution in [2.45, 2.75) is 39.7 Å². The predicted molar refractivity (Wildman–Crippen MR) is 113 cm³/mol. The van der Waals surface area contributed by atoms with Gasteiger partial charge in [-0.3, -0.25) is 9.59 Å². The minimum absolute atomic E-state index is 0.0197. The number of aliphatic hydroxyl groups excluding tert-OH is 1. The number of halogens is 1. The minimum atomic E-state index is -0.760. The van der Waals surface area contributed by atoms with Crippen molar-refractivity contribution in [3.05, 3.63) is 70.5 Å². The first-order chi connectivity index (χ1) is 14.4. The lowest BCUT2D eigenvalue weighted by atomic mass is 9.94. The summed E-state index contributed by atoms with van der Waals surface area (Å²) in [6.07, 6.45) is 1.56. The predicted octanol–water partition coefficient (Wildman–Crippen LogP) is 4.75. The molecular weight excluding hydrogens is 385 g/mol. The molecular formula is C24H26FNO4. The molecule has 3 rings (SSSR count). The average Bonchev–Trinajstić information content (AvgIpc) is 2.98. The quantitative estimate of drug-likeness (QED) is 0.405. The first kappa shape index (κ1) is 21.6. The van der Waals surface area contributed by atoms with Gasteiger partial charge in [0, 0.05) is 12.1 Å². The second kappa shape index (κ2) is 9.11. The fourth-order valence-corrected chi connectivity index (χ4v) is 3.70. The molecule has 0 saturated carbocycles.